The summed E-state index contributed by atoms with van der Waals surface area (Å²) in [6.45, 7) is 3.68. The average molecular weight is 439 g/mol. The molecule has 2 aliphatic heterocycles. The molecule has 2 heterocycles. The molecule has 1 aromatic carbocycles. The second-order valence-electron chi connectivity index (χ2n) is 7.26. The topological polar surface area (TPSA) is 83.6 Å². The van der Waals surface area contributed by atoms with Crippen LogP contribution in [0.1, 0.15) is 25.8 Å². The first-order valence-electron chi connectivity index (χ1n) is 9.01. The van der Waals surface area contributed by atoms with Crippen LogP contribution < -0.4 is 5.32 Å². The van der Waals surface area contributed by atoms with Crippen molar-refractivity contribution in [1.82, 2.24) is 10.2 Å². The second kappa shape index (κ2) is 8.34. The van der Waals surface area contributed by atoms with Gasteiger partial charge in [0.1, 0.15) is 10.4 Å². The zero-order chi connectivity index (χ0) is 20.5. The number of benzene rings is 1. The van der Waals surface area contributed by atoms with Gasteiger partial charge < -0.3 is 5.32 Å². The van der Waals surface area contributed by atoms with Crippen molar-refractivity contribution in [3.63, 3.8) is 0 Å². The number of thiocarbonyl (C=S) groups is 1. The molecule has 0 spiro atoms. The van der Waals surface area contributed by atoms with Gasteiger partial charge in [-0.2, -0.15) is 0 Å². The summed E-state index contributed by atoms with van der Waals surface area (Å²) in [7, 11) is -3.11. The van der Waals surface area contributed by atoms with E-state index in [4.69, 9.17) is 12.2 Å². The summed E-state index contributed by atoms with van der Waals surface area (Å²) in [6, 6.07) is 8.23. The summed E-state index contributed by atoms with van der Waals surface area (Å²) >= 11 is 6.57. The Hall–Kier alpha value is -1.71. The Kier molecular flexibility index (Phi) is 6.26. The van der Waals surface area contributed by atoms with E-state index in [-0.39, 0.29) is 29.2 Å². The Bertz CT molecular complexity index is 926. The van der Waals surface area contributed by atoms with Gasteiger partial charge in [-0.25, -0.2) is 8.42 Å². The molecule has 2 unspecified atom stereocenters. The summed E-state index contributed by atoms with van der Waals surface area (Å²) in [5, 5.41) is 2.80. The first kappa shape index (κ1) is 21.0. The Morgan fingerprint density at radius 2 is 2.00 bits per heavy atom. The van der Waals surface area contributed by atoms with Crippen molar-refractivity contribution < 1.29 is 18.0 Å². The lowest BCUT2D eigenvalue weighted by Crippen LogP contribution is -2.53. The van der Waals surface area contributed by atoms with Gasteiger partial charge in [0.15, 0.2) is 9.84 Å². The average Bonchev–Trinajstić information content (AvgIpc) is 3.09. The molecule has 0 aromatic heterocycles. The van der Waals surface area contributed by atoms with Crippen LogP contribution in [0.2, 0.25) is 0 Å². The summed E-state index contributed by atoms with van der Waals surface area (Å²) < 4.78 is 23.6. The molecule has 2 fully saturated rings. The van der Waals surface area contributed by atoms with Gasteiger partial charge in [-0.05, 0) is 24.0 Å². The van der Waals surface area contributed by atoms with Gasteiger partial charge in [-0.3, -0.25) is 14.5 Å². The van der Waals surface area contributed by atoms with Crippen molar-refractivity contribution in [2.45, 2.75) is 32.4 Å². The smallest absolute Gasteiger partial charge is 0.266 e. The van der Waals surface area contributed by atoms with Gasteiger partial charge in [-0.15, -0.1) is 0 Å². The maximum Gasteiger partial charge on any atom is 0.266 e. The number of carbonyl (C=O) groups excluding carboxylic acids is 2. The zero-order valence-electron chi connectivity index (χ0n) is 15.6. The third-order valence-electron chi connectivity index (χ3n) is 4.68. The molecule has 2 aliphatic rings. The first-order chi connectivity index (χ1) is 13.2. The Morgan fingerprint density at radius 1 is 1.32 bits per heavy atom. The quantitative estimate of drug-likeness (QED) is 0.561. The first-order valence-corrected chi connectivity index (χ1v) is 12.1. The highest BCUT2D eigenvalue weighted by Gasteiger charge is 2.42. The number of rotatable bonds is 5. The van der Waals surface area contributed by atoms with Crippen molar-refractivity contribution in [2.24, 2.45) is 5.92 Å². The monoisotopic (exact) mass is 438 g/mol. The molecule has 150 valence electrons. The molecule has 0 aliphatic carbocycles. The molecule has 1 N–H and O–H groups in total. The van der Waals surface area contributed by atoms with E-state index in [0.717, 1.165) is 5.56 Å². The van der Waals surface area contributed by atoms with E-state index in [2.05, 4.69) is 5.32 Å². The van der Waals surface area contributed by atoms with Crippen LogP contribution in [0.3, 0.4) is 0 Å². The molecule has 6 nitrogen and oxygen atoms in total. The molecule has 28 heavy (non-hydrogen) atoms. The molecule has 0 radical (unpaired) electrons. The fourth-order valence-electron chi connectivity index (χ4n) is 3.33. The number of hydrogen-bond donors (Lipinski definition) is 1. The van der Waals surface area contributed by atoms with Crippen molar-refractivity contribution >= 4 is 56.0 Å². The molecule has 2 saturated heterocycles. The number of thioether (sulfide) groups is 1. The van der Waals surface area contributed by atoms with E-state index in [9.17, 15) is 18.0 Å². The van der Waals surface area contributed by atoms with Gasteiger partial charge >= 0.3 is 0 Å². The Labute approximate surface area is 174 Å². The minimum Gasteiger partial charge on any atom is -0.351 e. The Balaban J connectivity index is 1.80. The molecule has 0 bridgehead atoms. The van der Waals surface area contributed by atoms with Crippen LogP contribution in [0.15, 0.2) is 35.2 Å². The largest absolute Gasteiger partial charge is 0.351 e. The molecular weight excluding hydrogens is 416 g/mol. The van der Waals surface area contributed by atoms with Crippen molar-refractivity contribution in [2.75, 3.05) is 11.5 Å². The number of nitrogens with zero attached hydrogens (tertiary/aromatic N) is 1. The van der Waals surface area contributed by atoms with E-state index in [1.54, 1.807) is 6.08 Å². The zero-order valence-corrected chi connectivity index (χ0v) is 18.1. The van der Waals surface area contributed by atoms with E-state index < -0.39 is 21.9 Å². The summed E-state index contributed by atoms with van der Waals surface area (Å²) in [4.78, 5) is 27.7. The number of hydrogen-bond acceptors (Lipinski definition) is 6. The minimum absolute atomic E-state index is 0.0597. The normalized spacial score (nSPS) is 24.2. The highest BCUT2D eigenvalue weighted by Crippen LogP contribution is 2.35. The van der Waals surface area contributed by atoms with Crippen LogP contribution in [-0.2, 0) is 19.4 Å². The van der Waals surface area contributed by atoms with Crippen LogP contribution >= 0.6 is 24.0 Å². The molecule has 9 heteroatoms. The van der Waals surface area contributed by atoms with Gasteiger partial charge in [0, 0.05) is 6.04 Å². The number of sulfone groups is 1. The van der Waals surface area contributed by atoms with E-state index in [1.165, 1.54) is 16.7 Å². The number of nitrogens with one attached hydrogen (secondary N) is 1. The molecule has 2 atom stereocenters. The molecule has 3 rings (SSSR count). The molecular formula is C19H22N2O4S3. The van der Waals surface area contributed by atoms with Crippen LogP contribution in [0, 0.1) is 5.92 Å². The summed E-state index contributed by atoms with van der Waals surface area (Å²) in [5.41, 5.74) is 0.879. The Morgan fingerprint density at radius 3 is 2.57 bits per heavy atom. The van der Waals surface area contributed by atoms with E-state index in [0.29, 0.717) is 15.6 Å². The molecule has 1 aromatic rings. The SMILES string of the molecule is CC(C)C(C(=O)NC1CCS(=O)(=O)C1)N1C(=O)C(=Cc2ccccc2)SC1=S. The minimum atomic E-state index is -3.11. The molecule has 2 amide bonds. The van der Waals surface area contributed by atoms with Crippen molar-refractivity contribution in [1.29, 1.82) is 0 Å². The van der Waals surface area contributed by atoms with Gasteiger partial charge in [-0.1, -0.05) is 68.2 Å². The lowest BCUT2D eigenvalue weighted by atomic mass is 10.0. The fraction of sp³-hybridized carbons (Fsp3) is 0.421. The maximum atomic E-state index is 13.0. The highest BCUT2D eigenvalue weighted by atomic mass is 32.2. The predicted octanol–water partition coefficient (Wildman–Crippen LogP) is 2.22. The number of carbonyl (C=O) groups is 2. The predicted molar refractivity (Wildman–Crippen MR) is 115 cm³/mol. The van der Waals surface area contributed by atoms with Gasteiger partial charge in [0.25, 0.3) is 5.91 Å². The molecule has 0 saturated carbocycles. The van der Waals surface area contributed by atoms with Crippen LogP contribution in [0.4, 0.5) is 0 Å². The summed E-state index contributed by atoms with van der Waals surface area (Å²) in [5.74, 6) is -0.834. The lowest BCUT2D eigenvalue weighted by Gasteiger charge is -2.30. The lowest BCUT2D eigenvalue weighted by molar-refractivity contribution is -0.134. The van der Waals surface area contributed by atoms with Crippen LogP contribution in [0.5, 0.6) is 0 Å². The standard InChI is InChI=1S/C19H22N2O4S3/c1-12(2)16(17(22)20-14-8-9-28(24,25)11-14)21-18(23)15(27-19(21)26)10-13-6-4-3-5-7-13/h3-7,10,12,14,16H,8-9,11H2,1-2H3,(H,20,22). The summed E-state index contributed by atoms with van der Waals surface area (Å²) in [6.07, 6.45) is 2.16. The fourth-order valence-corrected chi connectivity index (χ4v) is 6.34. The van der Waals surface area contributed by atoms with E-state index >= 15 is 0 Å². The number of amides is 2. The maximum absolute atomic E-state index is 13.0. The van der Waals surface area contributed by atoms with Crippen LogP contribution in [0.25, 0.3) is 6.08 Å². The third kappa shape index (κ3) is 4.64. The van der Waals surface area contributed by atoms with Gasteiger partial charge in [0.05, 0.1) is 16.4 Å². The van der Waals surface area contributed by atoms with Crippen LogP contribution in [-0.4, -0.2) is 53.0 Å². The second-order valence-corrected chi connectivity index (χ2v) is 11.2. The third-order valence-corrected chi connectivity index (χ3v) is 7.78. The van der Waals surface area contributed by atoms with Gasteiger partial charge in [0.2, 0.25) is 5.91 Å². The van der Waals surface area contributed by atoms with Crippen molar-refractivity contribution in [3.05, 3.63) is 40.8 Å². The van der Waals surface area contributed by atoms with Crippen molar-refractivity contribution in [3.8, 4) is 0 Å². The highest BCUT2D eigenvalue weighted by molar-refractivity contribution is 8.26. The van der Waals surface area contributed by atoms with E-state index in [1.807, 2.05) is 44.2 Å².